The number of aromatic nitrogens is 4. The molecule has 0 spiro atoms. The van der Waals surface area contributed by atoms with E-state index in [1.165, 1.54) is 6.33 Å². The summed E-state index contributed by atoms with van der Waals surface area (Å²) in [5, 5.41) is 0. The lowest BCUT2D eigenvalue weighted by molar-refractivity contribution is -0.141. The lowest BCUT2D eigenvalue weighted by Crippen LogP contribution is -2.17. The minimum atomic E-state index is -0.407. The van der Waals surface area contributed by atoms with E-state index in [0.29, 0.717) is 17.6 Å². The van der Waals surface area contributed by atoms with Crippen molar-refractivity contribution in [2.24, 2.45) is 0 Å². The van der Waals surface area contributed by atoms with E-state index >= 15 is 0 Å². The van der Waals surface area contributed by atoms with Gasteiger partial charge in [-0.05, 0) is 6.20 Å². The van der Waals surface area contributed by atoms with E-state index in [1.54, 1.807) is 15.7 Å². The summed E-state index contributed by atoms with van der Waals surface area (Å²) in [6, 6.07) is 0. The lowest BCUT2D eigenvalue weighted by atomic mass is 10.1. The van der Waals surface area contributed by atoms with E-state index in [1.807, 2.05) is 19.3 Å². The molecular formula is C15H18N6O4. The Morgan fingerprint density at radius 3 is 3.08 bits per heavy atom. The van der Waals surface area contributed by atoms with Gasteiger partial charge in [-0.3, -0.25) is 14.3 Å². The average molecular weight is 346 g/mol. The molecule has 0 fully saturated rings. The normalized spacial score (nSPS) is 14.0. The number of nitrogens with one attached hydrogen (secondary N) is 1. The number of hydrogen-bond acceptors (Lipinski definition) is 8. The van der Waals surface area contributed by atoms with E-state index in [0.717, 1.165) is 0 Å². The maximum Gasteiger partial charge on any atom is 0.335 e. The number of nitrogen functional groups attached to an aromatic ring is 1. The van der Waals surface area contributed by atoms with Crippen molar-refractivity contribution in [3.8, 4) is 0 Å². The molecule has 0 radical (unpaired) electrons. The van der Waals surface area contributed by atoms with Gasteiger partial charge in [0.15, 0.2) is 11.2 Å². The van der Waals surface area contributed by atoms with Crippen molar-refractivity contribution in [2.75, 3.05) is 26.0 Å². The van der Waals surface area contributed by atoms with Crippen molar-refractivity contribution in [3.05, 3.63) is 40.7 Å². The molecule has 0 aliphatic carbocycles. The van der Waals surface area contributed by atoms with Crippen molar-refractivity contribution in [3.63, 3.8) is 0 Å². The van der Waals surface area contributed by atoms with Gasteiger partial charge in [0.05, 0.1) is 18.5 Å². The predicted molar refractivity (Wildman–Crippen MR) is 89.1 cm³/mol. The number of nitrogens with zero attached hydrogens (tertiary/aromatic N) is 4. The highest BCUT2D eigenvalue weighted by molar-refractivity contribution is 5.88. The summed E-state index contributed by atoms with van der Waals surface area (Å²) in [5.74, 6) is -0.359. The molecule has 0 bridgehead atoms. The predicted octanol–water partition coefficient (Wildman–Crippen LogP) is -0.0478. The number of allylic oxidation sites excluding steroid dienone is 1. The molecule has 0 atom stereocenters. The fraction of sp³-hybridized carbons (Fsp3) is 0.333. The third-order valence-electron chi connectivity index (χ3n) is 3.48. The number of carbonyl (C=O) groups excluding carboxylic acids is 1. The Morgan fingerprint density at radius 1 is 1.44 bits per heavy atom. The van der Waals surface area contributed by atoms with E-state index in [9.17, 15) is 9.59 Å². The minimum Gasteiger partial charge on any atom is -0.460 e. The number of rotatable bonds is 6. The zero-order chi connectivity index (χ0) is 17.8. The first-order valence-corrected chi connectivity index (χ1v) is 7.59. The van der Waals surface area contributed by atoms with Crippen LogP contribution in [-0.2, 0) is 21.0 Å². The molecule has 3 rings (SSSR count). The standard InChI is InChI=1S/C15H18N6O4/c1-20-4-2-3-10(7-20)14(23)25-6-5-24-9-21-8-17-11-12(21)18-15(16)19-13(11)22/h2,4,7-8H,3,5-6,9H2,1H3,(H3,16,18,19,22). The highest BCUT2D eigenvalue weighted by atomic mass is 16.6. The first-order valence-electron chi connectivity index (χ1n) is 7.59. The van der Waals surface area contributed by atoms with Crippen LogP contribution in [0.3, 0.4) is 0 Å². The number of nitrogens with two attached hydrogens (primary N) is 1. The van der Waals surface area contributed by atoms with Gasteiger partial charge < -0.3 is 20.1 Å². The van der Waals surface area contributed by atoms with Crippen molar-refractivity contribution in [2.45, 2.75) is 13.2 Å². The van der Waals surface area contributed by atoms with Crippen LogP contribution in [0, 0.1) is 0 Å². The first kappa shape index (κ1) is 16.7. The third kappa shape index (κ3) is 3.86. The van der Waals surface area contributed by atoms with Crippen molar-refractivity contribution in [1.82, 2.24) is 24.4 Å². The number of imidazole rings is 1. The van der Waals surface area contributed by atoms with Gasteiger partial charge >= 0.3 is 5.97 Å². The summed E-state index contributed by atoms with van der Waals surface area (Å²) < 4.78 is 12.1. The summed E-state index contributed by atoms with van der Waals surface area (Å²) in [5.41, 5.74) is 6.22. The quantitative estimate of drug-likeness (QED) is 0.550. The van der Waals surface area contributed by atoms with Gasteiger partial charge in [-0.2, -0.15) is 4.98 Å². The molecule has 2 aromatic rings. The van der Waals surface area contributed by atoms with Gasteiger partial charge in [-0.25, -0.2) is 9.78 Å². The summed E-state index contributed by atoms with van der Waals surface area (Å²) in [4.78, 5) is 35.7. The Hall–Kier alpha value is -3.14. The molecule has 3 N–H and O–H groups in total. The van der Waals surface area contributed by atoms with Gasteiger partial charge in [0.1, 0.15) is 13.3 Å². The molecule has 3 heterocycles. The number of anilines is 1. The van der Waals surface area contributed by atoms with Gasteiger partial charge in [0.25, 0.3) is 5.56 Å². The summed E-state index contributed by atoms with van der Waals surface area (Å²) in [6.45, 7) is 0.424. The fourth-order valence-electron chi connectivity index (χ4n) is 2.34. The SMILES string of the molecule is CN1C=CCC(C(=O)OCCOCn2cnc3c(=O)[nH]c(N)nc32)=C1. The monoisotopic (exact) mass is 346 g/mol. The van der Waals surface area contributed by atoms with Crippen LogP contribution >= 0.6 is 0 Å². The molecule has 0 amide bonds. The number of carbonyl (C=O) groups is 1. The second-order valence-electron chi connectivity index (χ2n) is 5.42. The van der Waals surface area contributed by atoms with Gasteiger partial charge in [0, 0.05) is 19.7 Å². The van der Waals surface area contributed by atoms with E-state index < -0.39 is 5.56 Å². The van der Waals surface area contributed by atoms with Crippen LogP contribution in [0.2, 0.25) is 0 Å². The third-order valence-corrected chi connectivity index (χ3v) is 3.48. The van der Waals surface area contributed by atoms with Crippen LogP contribution < -0.4 is 11.3 Å². The van der Waals surface area contributed by atoms with E-state index in [2.05, 4.69) is 15.0 Å². The number of aromatic amines is 1. The number of fused-ring (bicyclic) bond motifs is 1. The molecule has 0 saturated heterocycles. The number of ether oxygens (including phenoxy) is 2. The Morgan fingerprint density at radius 2 is 2.28 bits per heavy atom. The number of esters is 1. The maximum atomic E-state index is 11.9. The second kappa shape index (κ2) is 7.18. The van der Waals surface area contributed by atoms with E-state index in [-0.39, 0.29) is 37.4 Å². The molecule has 0 unspecified atom stereocenters. The van der Waals surface area contributed by atoms with Gasteiger partial charge in [0.2, 0.25) is 5.95 Å². The van der Waals surface area contributed by atoms with E-state index in [4.69, 9.17) is 15.2 Å². The first-order chi connectivity index (χ1) is 12.0. The molecule has 132 valence electrons. The molecule has 1 aliphatic rings. The van der Waals surface area contributed by atoms with Crippen LogP contribution in [0.1, 0.15) is 6.42 Å². The molecule has 1 aliphatic heterocycles. The number of H-pyrrole nitrogens is 1. The Kier molecular flexibility index (Phi) is 4.80. The topological polar surface area (TPSA) is 128 Å². The van der Waals surface area contributed by atoms with Gasteiger partial charge in [-0.15, -0.1) is 0 Å². The highest BCUT2D eigenvalue weighted by Crippen LogP contribution is 2.12. The van der Waals surface area contributed by atoms with Gasteiger partial charge in [-0.1, -0.05) is 6.08 Å². The van der Waals surface area contributed by atoms with Crippen molar-refractivity contribution < 1.29 is 14.3 Å². The van der Waals surface area contributed by atoms with Crippen LogP contribution in [0.15, 0.2) is 35.2 Å². The smallest absolute Gasteiger partial charge is 0.335 e. The highest BCUT2D eigenvalue weighted by Gasteiger charge is 2.13. The number of hydrogen-bond donors (Lipinski definition) is 2. The molecule has 0 aromatic carbocycles. The molecule has 2 aromatic heterocycles. The van der Waals surface area contributed by atoms with Crippen LogP contribution in [0.25, 0.3) is 11.2 Å². The average Bonchev–Trinajstić information content (AvgIpc) is 2.97. The van der Waals surface area contributed by atoms with Crippen LogP contribution in [0.5, 0.6) is 0 Å². The minimum absolute atomic E-state index is 0.00737. The second-order valence-corrected chi connectivity index (χ2v) is 5.42. The molecule has 25 heavy (non-hydrogen) atoms. The summed E-state index contributed by atoms with van der Waals surface area (Å²) >= 11 is 0. The Bertz CT molecular complexity index is 897. The zero-order valence-corrected chi connectivity index (χ0v) is 13.6. The molecule has 10 nitrogen and oxygen atoms in total. The Balaban J connectivity index is 1.48. The molecular weight excluding hydrogens is 328 g/mol. The Labute approximate surface area is 142 Å². The van der Waals surface area contributed by atoms with Crippen molar-refractivity contribution >= 4 is 23.1 Å². The fourth-order valence-corrected chi connectivity index (χ4v) is 2.34. The summed E-state index contributed by atoms with van der Waals surface area (Å²) in [7, 11) is 1.84. The maximum absolute atomic E-state index is 11.9. The summed E-state index contributed by atoms with van der Waals surface area (Å²) in [6.07, 6.45) is 7.48. The molecule has 10 heteroatoms. The largest absolute Gasteiger partial charge is 0.460 e. The molecule has 0 saturated carbocycles. The van der Waals surface area contributed by atoms with Crippen LogP contribution in [0.4, 0.5) is 5.95 Å². The zero-order valence-electron chi connectivity index (χ0n) is 13.6. The van der Waals surface area contributed by atoms with Crippen LogP contribution in [-0.4, -0.2) is 50.6 Å². The lowest BCUT2D eigenvalue weighted by Gasteiger charge is -2.15. The van der Waals surface area contributed by atoms with Crippen molar-refractivity contribution in [1.29, 1.82) is 0 Å².